The van der Waals surface area contributed by atoms with E-state index in [1.807, 2.05) is 0 Å². The average molecular weight is 543 g/mol. The Labute approximate surface area is 231 Å². The number of likely N-dealkylation sites (N-methyl/N-ethyl adjacent to an activating group) is 1. The number of anilines is 1. The lowest BCUT2D eigenvalue weighted by molar-refractivity contribution is 0.110. The molecule has 3 aromatic heterocycles. The van der Waals surface area contributed by atoms with E-state index in [0.717, 1.165) is 18.7 Å². The molecule has 0 saturated carbocycles. The normalized spacial score (nSPS) is 21.4. The molecule has 206 valence electrons. The lowest BCUT2D eigenvalue weighted by Crippen LogP contribution is -2.57. The van der Waals surface area contributed by atoms with Gasteiger partial charge >= 0.3 is 0 Å². The van der Waals surface area contributed by atoms with E-state index in [9.17, 15) is 14.4 Å². The molecule has 6 rings (SSSR count). The Balaban J connectivity index is 1.36. The van der Waals surface area contributed by atoms with Crippen LogP contribution in [-0.2, 0) is 7.05 Å². The highest BCUT2D eigenvalue weighted by Gasteiger charge is 2.39. The molecule has 2 fully saturated rings. The second kappa shape index (κ2) is 10.1. The lowest BCUT2D eigenvalue weighted by atomic mass is 9.98. The summed E-state index contributed by atoms with van der Waals surface area (Å²) in [4.78, 5) is 29.0. The minimum absolute atomic E-state index is 0.00491. The van der Waals surface area contributed by atoms with E-state index < -0.39 is 0 Å². The third-order valence-corrected chi connectivity index (χ3v) is 8.16. The maximum atomic E-state index is 13.9. The summed E-state index contributed by atoms with van der Waals surface area (Å²) in [5, 5.41) is 13.8. The minimum atomic E-state index is -0.358. The molecule has 11 heteroatoms. The van der Waals surface area contributed by atoms with Crippen LogP contribution in [0, 0.1) is 17.1 Å². The zero-order valence-electron chi connectivity index (χ0n) is 23.0. The molecule has 5 heterocycles. The van der Waals surface area contributed by atoms with Crippen molar-refractivity contribution in [3.8, 4) is 6.07 Å². The van der Waals surface area contributed by atoms with Crippen LogP contribution in [0.25, 0.3) is 11.0 Å². The predicted molar refractivity (Wildman–Crippen MR) is 147 cm³/mol. The molecule has 4 aromatic rings. The first-order valence-electron chi connectivity index (χ1n) is 13.4. The smallest absolute Gasteiger partial charge is 0.252 e. The Kier molecular flexibility index (Phi) is 6.60. The number of aryl methyl sites for hydroxylation is 1. The zero-order valence-corrected chi connectivity index (χ0v) is 23.0. The first-order chi connectivity index (χ1) is 19.2. The van der Waals surface area contributed by atoms with Crippen LogP contribution >= 0.6 is 0 Å². The highest BCUT2D eigenvalue weighted by molar-refractivity contribution is 5.89. The van der Waals surface area contributed by atoms with Gasteiger partial charge in [-0.15, -0.1) is 0 Å². The van der Waals surface area contributed by atoms with Crippen LogP contribution in [0.2, 0.25) is 0 Å². The van der Waals surface area contributed by atoms with Crippen molar-refractivity contribution in [2.45, 2.75) is 37.9 Å². The van der Waals surface area contributed by atoms with Crippen LogP contribution in [-0.4, -0.2) is 74.8 Å². The quantitative estimate of drug-likeness (QED) is 0.376. The molecular formula is C29H31FN8O2. The Morgan fingerprint density at radius 1 is 1.02 bits per heavy atom. The second-order valence-corrected chi connectivity index (χ2v) is 11.0. The Morgan fingerprint density at radius 3 is 2.48 bits per heavy atom. The molecule has 3 atom stereocenters. The van der Waals surface area contributed by atoms with E-state index in [4.69, 9.17) is 9.51 Å². The predicted octanol–water partition coefficient (Wildman–Crippen LogP) is 3.04. The summed E-state index contributed by atoms with van der Waals surface area (Å²) in [5.41, 5.74) is 3.04. The van der Waals surface area contributed by atoms with Gasteiger partial charge in [0.05, 0.1) is 11.2 Å². The molecule has 2 aliphatic rings. The molecule has 40 heavy (non-hydrogen) atoms. The number of aromatic nitrogens is 4. The summed E-state index contributed by atoms with van der Waals surface area (Å²) in [6.07, 6.45) is 0. The fraction of sp³-hybridized carbons (Fsp3) is 0.414. The number of hydrogen-bond donors (Lipinski definition) is 0. The molecule has 0 N–H and O–H groups in total. The van der Waals surface area contributed by atoms with Gasteiger partial charge in [0.1, 0.15) is 29.1 Å². The molecule has 0 bridgehead atoms. The standard InChI is InChI=1S/C29H31FN8O2/c1-17-14-38(18(2)13-37(17)24-11-25(39)36(4)23-10-9-22(12-31)32-26(23)24)27(19-5-7-21(30)8-6-19)29-33-28(34-40-29)20-15-35(3)16-20/h5-11,17-18,20,27H,13-16H2,1-4H3/t17-,18-,27?/m0/s1. The molecule has 0 spiro atoms. The second-order valence-electron chi connectivity index (χ2n) is 11.0. The van der Waals surface area contributed by atoms with Crippen LogP contribution in [0.15, 0.2) is 51.8 Å². The van der Waals surface area contributed by atoms with Crippen molar-refractivity contribution in [1.29, 1.82) is 5.26 Å². The van der Waals surface area contributed by atoms with Crippen LogP contribution in [0.1, 0.15) is 48.8 Å². The van der Waals surface area contributed by atoms with Gasteiger partial charge in [0.25, 0.3) is 5.56 Å². The van der Waals surface area contributed by atoms with E-state index in [1.165, 1.54) is 12.1 Å². The number of pyridine rings is 2. The molecule has 0 amide bonds. The summed E-state index contributed by atoms with van der Waals surface area (Å²) in [7, 11) is 3.77. The third-order valence-electron chi connectivity index (χ3n) is 8.16. The Bertz CT molecular complexity index is 1650. The average Bonchev–Trinajstić information content (AvgIpc) is 3.40. The fourth-order valence-electron chi connectivity index (χ4n) is 5.95. The van der Waals surface area contributed by atoms with Crippen molar-refractivity contribution in [2.75, 3.05) is 38.1 Å². The van der Waals surface area contributed by atoms with Gasteiger partial charge in [0, 0.05) is 57.3 Å². The van der Waals surface area contributed by atoms with Gasteiger partial charge in [-0.2, -0.15) is 10.2 Å². The highest BCUT2D eigenvalue weighted by Crippen LogP contribution is 2.36. The SMILES string of the molecule is C[C@H]1CN(C(c2ccc(F)cc2)c2nc(C3CN(C)C3)no2)[C@@H](C)CN1c1cc(=O)n(C)c2ccc(C#N)nc12. The van der Waals surface area contributed by atoms with E-state index in [0.29, 0.717) is 47.2 Å². The molecule has 1 unspecified atom stereocenters. The summed E-state index contributed by atoms with van der Waals surface area (Å²) >= 11 is 0. The van der Waals surface area contributed by atoms with Crippen molar-refractivity contribution in [3.63, 3.8) is 0 Å². The summed E-state index contributed by atoms with van der Waals surface area (Å²) < 4.78 is 21.3. The van der Waals surface area contributed by atoms with Gasteiger partial charge in [-0.05, 0) is 50.7 Å². The maximum Gasteiger partial charge on any atom is 0.252 e. The maximum absolute atomic E-state index is 13.9. The summed E-state index contributed by atoms with van der Waals surface area (Å²) in [6.45, 7) is 7.19. The van der Waals surface area contributed by atoms with Crippen molar-refractivity contribution in [3.05, 3.63) is 81.6 Å². The first-order valence-corrected chi connectivity index (χ1v) is 13.4. The molecule has 0 aliphatic carbocycles. The largest absolute Gasteiger partial charge is 0.364 e. The molecule has 1 aromatic carbocycles. The topological polar surface area (TPSA) is 107 Å². The number of benzene rings is 1. The Hall–Kier alpha value is -4.14. The van der Waals surface area contributed by atoms with Crippen molar-refractivity contribution >= 4 is 16.7 Å². The molecule has 10 nitrogen and oxygen atoms in total. The molecular weight excluding hydrogens is 511 g/mol. The van der Waals surface area contributed by atoms with E-state index >= 15 is 0 Å². The number of nitrogens with zero attached hydrogens (tertiary/aromatic N) is 8. The minimum Gasteiger partial charge on any atom is -0.364 e. The molecule has 2 saturated heterocycles. The van der Waals surface area contributed by atoms with Gasteiger partial charge in [0.15, 0.2) is 5.82 Å². The number of rotatable bonds is 5. The molecule has 0 radical (unpaired) electrons. The van der Waals surface area contributed by atoms with Crippen molar-refractivity contribution in [2.24, 2.45) is 7.05 Å². The first kappa shape index (κ1) is 26.1. The van der Waals surface area contributed by atoms with E-state index in [2.05, 4.69) is 51.8 Å². The highest BCUT2D eigenvalue weighted by atomic mass is 19.1. The summed E-state index contributed by atoms with van der Waals surface area (Å²) in [5.74, 6) is 1.12. The van der Waals surface area contributed by atoms with Gasteiger partial charge < -0.3 is 18.9 Å². The van der Waals surface area contributed by atoms with Gasteiger partial charge in [0.2, 0.25) is 5.89 Å². The number of fused-ring (bicyclic) bond motifs is 1. The lowest BCUT2D eigenvalue weighted by Gasteiger charge is -2.47. The summed E-state index contributed by atoms with van der Waals surface area (Å²) in [6, 6.07) is 13.2. The van der Waals surface area contributed by atoms with E-state index in [-0.39, 0.29) is 35.4 Å². The van der Waals surface area contributed by atoms with Gasteiger partial charge in [-0.25, -0.2) is 9.37 Å². The van der Waals surface area contributed by atoms with E-state index in [1.54, 1.807) is 41.9 Å². The number of hydrogen-bond acceptors (Lipinski definition) is 9. The van der Waals surface area contributed by atoms with Crippen LogP contribution in [0.5, 0.6) is 0 Å². The van der Waals surface area contributed by atoms with Crippen LogP contribution < -0.4 is 10.5 Å². The zero-order chi connectivity index (χ0) is 28.1. The third kappa shape index (κ3) is 4.53. The van der Waals surface area contributed by atoms with Gasteiger partial charge in [-0.3, -0.25) is 9.69 Å². The van der Waals surface area contributed by atoms with Gasteiger partial charge in [-0.1, -0.05) is 17.3 Å². The van der Waals surface area contributed by atoms with Crippen molar-refractivity contribution in [1.82, 2.24) is 29.5 Å². The van der Waals surface area contributed by atoms with Crippen LogP contribution in [0.4, 0.5) is 10.1 Å². The number of halogens is 1. The Morgan fingerprint density at radius 2 is 1.77 bits per heavy atom. The fourth-order valence-corrected chi connectivity index (χ4v) is 5.95. The van der Waals surface area contributed by atoms with Crippen molar-refractivity contribution < 1.29 is 8.91 Å². The number of nitriles is 1. The number of likely N-dealkylation sites (tertiary alicyclic amines) is 1. The monoisotopic (exact) mass is 542 g/mol. The van der Waals surface area contributed by atoms with Crippen LogP contribution in [0.3, 0.4) is 0 Å². The number of piperazine rings is 1. The molecule has 2 aliphatic heterocycles.